The predicted octanol–water partition coefficient (Wildman–Crippen LogP) is 2.74. The number of piperidine rings is 1. The molecule has 2 aliphatic heterocycles. The predicted molar refractivity (Wildman–Crippen MR) is 75.5 cm³/mol. The Morgan fingerprint density at radius 1 is 1.22 bits per heavy atom. The Kier molecular flexibility index (Phi) is 2.62. The van der Waals surface area contributed by atoms with E-state index >= 15 is 0 Å². The lowest BCUT2D eigenvalue weighted by molar-refractivity contribution is 0.373. The number of aromatic nitrogens is 1. The number of hydrogen-bond donors (Lipinski definition) is 1. The highest BCUT2D eigenvalue weighted by molar-refractivity contribution is 7.13. The van der Waals surface area contributed by atoms with Gasteiger partial charge in [0.2, 0.25) is 0 Å². The Morgan fingerprint density at radius 2 is 1.94 bits per heavy atom. The molecule has 2 saturated heterocycles. The van der Waals surface area contributed by atoms with Crippen LogP contribution in [0.5, 0.6) is 0 Å². The van der Waals surface area contributed by atoms with Crippen LogP contribution in [0, 0.1) is 0 Å². The van der Waals surface area contributed by atoms with Crippen molar-refractivity contribution in [2.45, 2.75) is 62.6 Å². The Morgan fingerprint density at radius 3 is 2.56 bits per heavy atom. The van der Waals surface area contributed by atoms with Gasteiger partial charge in [0.05, 0.1) is 5.69 Å². The van der Waals surface area contributed by atoms with Crippen molar-refractivity contribution < 1.29 is 0 Å². The van der Waals surface area contributed by atoms with Gasteiger partial charge in [-0.15, -0.1) is 11.3 Å². The van der Waals surface area contributed by atoms with Crippen molar-refractivity contribution in [3.8, 4) is 0 Å². The highest BCUT2D eigenvalue weighted by Crippen LogP contribution is 2.44. The summed E-state index contributed by atoms with van der Waals surface area (Å²) in [6.45, 7) is 0. The van der Waals surface area contributed by atoms with Gasteiger partial charge in [0.15, 0.2) is 5.13 Å². The van der Waals surface area contributed by atoms with E-state index < -0.39 is 0 Å². The van der Waals surface area contributed by atoms with Gasteiger partial charge in [0.25, 0.3) is 0 Å². The second kappa shape index (κ2) is 4.20. The van der Waals surface area contributed by atoms with Crippen LogP contribution in [0.3, 0.4) is 0 Å². The third kappa shape index (κ3) is 1.77. The smallest absolute Gasteiger partial charge is 0.186 e. The molecule has 98 valence electrons. The molecule has 1 saturated carbocycles. The molecule has 0 amide bonds. The van der Waals surface area contributed by atoms with Crippen LogP contribution >= 0.6 is 11.3 Å². The molecule has 1 aromatic rings. The Hall–Kier alpha value is -0.610. The van der Waals surface area contributed by atoms with Crippen molar-refractivity contribution >= 4 is 16.5 Å². The topological polar surface area (TPSA) is 28.2 Å². The zero-order chi connectivity index (χ0) is 12.1. The van der Waals surface area contributed by atoms with E-state index in [1.165, 1.54) is 49.4 Å². The van der Waals surface area contributed by atoms with Crippen molar-refractivity contribution in [1.29, 1.82) is 0 Å². The van der Waals surface area contributed by atoms with Gasteiger partial charge in [-0.25, -0.2) is 4.98 Å². The quantitative estimate of drug-likeness (QED) is 0.909. The van der Waals surface area contributed by atoms with Crippen LogP contribution in [-0.2, 0) is 0 Å². The second-order valence-corrected chi connectivity index (χ2v) is 6.92. The molecule has 1 aromatic heterocycles. The molecular formula is C14H21N3S. The van der Waals surface area contributed by atoms with Crippen molar-refractivity contribution in [3.63, 3.8) is 0 Å². The first kappa shape index (κ1) is 11.2. The average Bonchev–Trinajstić information content (AvgIpc) is 3.07. The minimum Gasteiger partial charge on any atom is -0.342 e. The lowest BCUT2D eigenvalue weighted by Crippen LogP contribution is -2.48. The number of nitrogens with zero attached hydrogens (tertiary/aromatic N) is 2. The second-order valence-electron chi connectivity index (χ2n) is 6.08. The highest BCUT2D eigenvalue weighted by atomic mass is 32.1. The molecule has 2 bridgehead atoms. The van der Waals surface area contributed by atoms with Gasteiger partial charge in [-0.05, 0) is 45.6 Å². The van der Waals surface area contributed by atoms with E-state index in [0.29, 0.717) is 0 Å². The Labute approximate surface area is 113 Å². The first-order chi connectivity index (χ1) is 8.85. The summed E-state index contributed by atoms with van der Waals surface area (Å²) in [5.41, 5.74) is 1.37. The maximum Gasteiger partial charge on any atom is 0.186 e. The number of nitrogens with one attached hydrogen (secondary N) is 1. The van der Waals surface area contributed by atoms with Gasteiger partial charge in [-0.2, -0.15) is 0 Å². The summed E-state index contributed by atoms with van der Waals surface area (Å²) in [4.78, 5) is 7.55. The molecule has 3 nitrogen and oxygen atoms in total. The number of hydrogen-bond acceptors (Lipinski definition) is 4. The van der Waals surface area contributed by atoms with E-state index in [4.69, 9.17) is 4.98 Å². The summed E-state index contributed by atoms with van der Waals surface area (Å²) in [6, 6.07) is 2.19. The summed E-state index contributed by atoms with van der Waals surface area (Å²) in [5.74, 6) is 0.794. The summed E-state index contributed by atoms with van der Waals surface area (Å²) in [6.07, 6.45) is 8.04. The molecule has 3 fully saturated rings. The maximum atomic E-state index is 4.91. The van der Waals surface area contributed by atoms with E-state index in [0.717, 1.165) is 24.0 Å². The normalized spacial score (nSPS) is 35.2. The van der Waals surface area contributed by atoms with Crippen molar-refractivity contribution in [2.75, 3.05) is 11.9 Å². The summed E-state index contributed by atoms with van der Waals surface area (Å²) < 4.78 is 0. The van der Waals surface area contributed by atoms with Crippen LogP contribution < -0.4 is 10.2 Å². The molecule has 3 aliphatic rings. The molecule has 2 unspecified atom stereocenters. The number of rotatable bonds is 3. The van der Waals surface area contributed by atoms with E-state index in [2.05, 4.69) is 22.6 Å². The molecule has 3 heterocycles. The molecule has 18 heavy (non-hydrogen) atoms. The lowest BCUT2D eigenvalue weighted by atomic mass is 9.98. The SMILES string of the molecule is CNC1CC2CCC(C1)N2c1nc(C2CC2)cs1. The Balaban J connectivity index is 1.57. The van der Waals surface area contributed by atoms with Gasteiger partial charge < -0.3 is 10.2 Å². The van der Waals surface area contributed by atoms with Gasteiger partial charge in [-0.3, -0.25) is 0 Å². The van der Waals surface area contributed by atoms with Gasteiger partial charge in [0.1, 0.15) is 0 Å². The number of fused-ring (bicyclic) bond motifs is 2. The molecule has 1 N–H and O–H groups in total. The molecular weight excluding hydrogens is 242 g/mol. The van der Waals surface area contributed by atoms with Crippen LogP contribution in [-0.4, -0.2) is 30.2 Å². The summed E-state index contributed by atoms with van der Waals surface area (Å²) in [7, 11) is 2.11. The fourth-order valence-electron chi connectivity index (χ4n) is 3.69. The highest BCUT2D eigenvalue weighted by Gasteiger charge is 2.41. The molecule has 0 spiro atoms. The molecule has 4 rings (SSSR count). The third-order valence-corrected chi connectivity index (χ3v) is 5.74. The van der Waals surface area contributed by atoms with Crippen LogP contribution in [0.2, 0.25) is 0 Å². The van der Waals surface area contributed by atoms with Crippen LogP contribution in [0.4, 0.5) is 5.13 Å². The van der Waals surface area contributed by atoms with Crippen molar-refractivity contribution in [1.82, 2.24) is 10.3 Å². The first-order valence-electron chi connectivity index (χ1n) is 7.26. The van der Waals surface area contributed by atoms with E-state index in [9.17, 15) is 0 Å². The van der Waals surface area contributed by atoms with Gasteiger partial charge in [-0.1, -0.05) is 0 Å². The largest absolute Gasteiger partial charge is 0.342 e. The molecule has 0 aromatic carbocycles. The van der Waals surface area contributed by atoms with Crippen LogP contribution in [0.1, 0.15) is 50.1 Å². The maximum absolute atomic E-state index is 4.91. The minimum atomic E-state index is 0.724. The zero-order valence-electron chi connectivity index (χ0n) is 10.9. The molecule has 0 radical (unpaired) electrons. The van der Waals surface area contributed by atoms with E-state index in [1.807, 2.05) is 11.3 Å². The fraction of sp³-hybridized carbons (Fsp3) is 0.786. The summed E-state index contributed by atoms with van der Waals surface area (Å²) in [5, 5.41) is 7.07. The average molecular weight is 263 g/mol. The Bertz CT molecular complexity index is 426. The summed E-state index contributed by atoms with van der Waals surface area (Å²) >= 11 is 1.88. The lowest BCUT2D eigenvalue weighted by Gasteiger charge is -2.38. The standard InChI is InChI=1S/C14H21N3S/c1-15-10-6-11-4-5-12(7-10)17(11)14-16-13(8-18-14)9-2-3-9/h8-12,15H,2-7H2,1H3. The number of thiazole rings is 1. The first-order valence-corrected chi connectivity index (χ1v) is 8.14. The van der Waals surface area contributed by atoms with E-state index in [-0.39, 0.29) is 0 Å². The minimum absolute atomic E-state index is 0.724. The van der Waals surface area contributed by atoms with Crippen LogP contribution in [0.25, 0.3) is 0 Å². The zero-order valence-corrected chi connectivity index (χ0v) is 11.7. The molecule has 4 heteroatoms. The van der Waals surface area contributed by atoms with Gasteiger partial charge in [0, 0.05) is 29.4 Å². The third-order valence-electron chi connectivity index (χ3n) is 4.87. The van der Waals surface area contributed by atoms with Gasteiger partial charge >= 0.3 is 0 Å². The number of anilines is 1. The van der Waals surface area contributed by atoms with Crippen molar-refractivity contribution in [3.05, 3.63) is 11.1 Å². The molecule has 2 atom stereocenters. The molecule has 1 aliphatic carbocycles. The fourth-order valence-corrected chi connectivity index (χ4v) is 4.74. The van der Waals surface area contributed by atoms with Crippen molar-refractivity contribution in [2.24, 2.45) is 0 Å². The van der Waals surface area contributed by atoms with Crippen LogP contribution in [0.15, 0.2) is 5.38 Å². The monoisotopic (exact) mass is 263 g/mol. The van der Waals surface area contributed by atoms with E-state index in [1.54, 1.807) is 0 Å².